The molecule has 388 valence electrons. The molecule has 2 aromatic carbocycles. The van der Waals surface area contributed by atoms with Crippen LogP contribution in [0.2, 0.25) is 0 Å². The minimum Gasteiger partial charge on any atom is -0.390 e. The molecular formula is C55H65F2NO13S. The Bertz CT molecular complexity index is 2450. The van der Waals surface area contributed by atoms with E-state index >= 15 is 8.78 Å². The van der Waals surface area contributed by atoms with Crippen LogP contribution in [0.15, 0.2) is 106 Å². The highest BCUT2D eigenvalue weighted by Crippen LogP contribution is 2.72. The molecule has 0 unspecified atom stereocenters. The van der Waals surface area contributed by atoms with Gasteiger partial charge in [0, 0.05) is 83.1 Å². The Balaban J connectivity index is 0.723. The molecule has 0 radical (unpaired) electrons. The van der Waals surface area contributed by atoms with E-state index in [4.69, 9.17) is 28.4 Å². The lowest BCUT2D eigenvalue weighted by molar-refractivity contribution is -0.235. The first-order chi connectivity index (χ1) is 34.5. The number of amides is 2. The van der Waals surface area contributed by atoms with E-state index in [2.05, 4.69) is 6.58 Å². The van der Waals surface area contributed by atoms with Gasteiger partial charge in [0.25, 0.3) is 11.8 Å². The van der Waals surface area contributed by atoms with Crippen molar-refractivity contribution in [3.63, 3.8) is 0 Å². The fourth-order valence-electron chi connectivity index (χ4n) is 12.0. The molecule has 0 bridgehead atoms. The summed E-state index contributed by atoms with van der Waals surface area (Å²) in [5.74, 6) is -2.92. The molecule has 0 aromatic heterocycles. The van der Waals surface area contributed by atoms with Gasteiger partial charge < -0.3 is 38.6 Å². The number of hydrogen-bond acceptors (Lipinski definition) is 14. The van der Waals surface area contributed by atoms with Crippen LogP contribution in [0.4, 0.5) is 8.78 Å². The molecule has 2 amide bonds. The van der Waals surface area contributed by atoms with Crippen molar-refractivity contribution in [3.8, 4) is 0 Å². The summed E-state index contributed by atoms with van der Waals surface area (Å²) in [7, 11) is 0. The summed E-state index contributed by atoms with van der Waals surface area (Å²) in [5, 5.41) is 22.2. The highest BCUT2D eigenvalue weighted by molar-refractivity contribution is 7.99. The van der Waals surface area contributed by atoms with Gasteiger partial charge in [-0.15, -0.1) is 0 Å². The summed E-state index contributed by atoms with van der Waals surface area (Å²) in [6, 6.07) is 15.2. The molecule has 72 heavy (non-hydrogen) atoms. The number of hydrogen-bond donors (Lipinski definition) is 2. The van der Waals surface area contributed by atoms with Gasteiger partial charge in [-0.2, -0.15) is 0 Å². The molecule has 2 heterocycles. The van der Waals surface area contributed by atoms with Crippen molar-refractivity contribution in [1.82, 2.24) is 4.90 Å². The molecule has 10 atom stereocenters. The van der Waals surface area contributed by atoms with Crippen molar-refractivity contribution in [2.45, 2.75) is 111 Å². The number of alkyl halides is 2. The predicted molar refractivity (Wildman–Crippen MR) is 260 cm³/mol. The first-order valence-electron chi connectivity index (χ1n) is 24.9. The first-order valence-corrected chi connectivity index (χ1v) is 25.7. The first kappa shape index (κ1) is 53.7. The minimum absolute atomic E-state index is 0.0312. The molecule has 2 N–H and O–H groups in total. The number of halogens is 2. The van der Waals surface area contributed by atoms with Crippen LogP contribution in [0, 0.1) is 22.7 Å². The number of ketones is 3. The zero-order valence-electron chi connectivity index (χ0n) is 40.9. The number of fused-ring (bicyclic) bond motifs is 7. The van der Waals surface area contributed by atoms with Crippen molar-refractivity contribution in [2.24, 2.45) is 22.7 Å². The Labute approximate surface area is 423 Å². The number of benzene rings is 2. The van der Waals surface area contributed by atoms with E-state index in [0.29, 0.717) is 70.2 Å². The predicted octanol–water partition coefficient (Wildman–Crippen LogP) is 6.70. The molecule has 17 heteroatoms. The van der Waals surface area contributed by atoms with Gasteiger partial charge >= 0.3 is 0 Å². The Kier molecular flexibility index (Phi) is 17.1. The summed E-state index contributed by atoms with van der Waals surface area (Å²) in [4.78, 5) is 64.8. The molecule has 2 aromatic rings. The van der Waals surface area contributed by atoms with E-state index in [1.165, 1.54) is 23.9 Å². The molecule has 2 aliphatic heterocycles. The number of rotatable bonds is 26. The smallest absolute Gasteiger partial charge is 0.253 e. The molecule has 14 nitrogen and oxygen atoms in total. The third-order valence-electron chi connectivity index (χ3n) is 15.6. The second-order valence-corrected chi connectivity index (χ2v) is 21.1. The van der Waals surface area contributed by atoms with Gasteiger partial charge in [0.1, 0.15) is 24.3 Å². The number of aliphatic hydroxyl groups excluding tert-OH is 2. The molecule has 3 saturated carbocycles. The van der Waals surface area contributed by atoms with Crippen LogP contribution in [-0.4, -0.2) is 140 Å². The van der Waals surface area contributed by atoms with Gasteiger partial charge in [0.2, 0.25) is 0 Å². The largest absolute Gasteiger partial charge is 0.390 e. The number of allylic oxidation sites excluding steroid dienone is 5. The third-order valence-corrected chi connectivity index (χ3v) is 16.6. The Hall–Kier alpha value is -4.56. The lowest BCUT2D eigenvalue weighted by Gasteiger charge is -2.63. The van der Waals surface area contributed by atoms with E-state index in [1.807, 2.05) is 48.5 Å². The number of carbonyl (C=O) groups excluding carboxylic acids is 5. The van der Waals surface area contributed by atoms with E-state index in [1.54, 1.807) is 32.1 Å². The van der Waals surface area contributed by atoms with Gasteiger partial charge in [0.05, 0.1) is 58.5 Å². The van der Waals surface area contributed by atoms with E-state index in [9.17, 15) is 34.2 Å². The van der Waals surface area contributed by atoms with Crippen LogP contribution in [0.25, 0.3) is 0 Å². The SMILES string of the molecule is C=C1C=C[C@@]2(C)C(=C1)[C@@H](F)C[C@H]1[C@@H]3C[C@H]4O[C@@H](c5ccc(Sc6cccc(CC(=O)CCOCCOCCOCCOCCCC(=O)CCN7C(=O)C=CC7=O)c6)cc5)O[C@@]4(C(=O)CO)[C@@]3(C)C[C@H](O)[C@@]12F. The summed E-state index contributed by atoms with van der Waals surface area (Å²) >= 11 is 1.51. The highest BCUT2D eigenvalue weighted by atomic mass is 32.2. The van der Waals surface area contributed by atoms with Crippen molar-refractivity contribution in [2.75, 3.05) is 66.0 Å². The normalized spacial score (nSPS) is 31.3. The lowest BCUT2D eigenvalue weighted by Crippen LogP contribution is -2.70. The van der Waals surface area contributed by atoms with Crippen molar-refractivity contribution in [3.05, 3.63) is 108 Å². The number of imide groups is 1. The van der Waals surface area contributed by atoms with Crippen LogP contribution in [0.3, 0.4) is 0 Å². The summed E-state index contributed by atoms with van der Waals surface area (Å²) in [6.07, 6.45) is 3.76. The number of carbonyl (C=O) groups is 5. The topological polar surface area (TPSA) is 184 Å². The third kappa shape index (κ3) is 10.7. The molecular weight excluding hydrogens is 953 g/mol. The van der Waals surface area contributed by atoms with Gasteiger partial charge in [-0.05, 0) is 79.5 Å². The second-order valence-electron chi connectivity index (χ2n) is 19.9. The summed E-state index contributed by atoms with van der Waals surface area (Å²) in [5.41, 5.74) is -4.18. The van der Waals surface area contributed by atoms with Gasteiger partial charge in [-0.25, -0.2) is 8.78 Å². The average molecular weight is 1020 g/mol. The van der Waals surface area contributed by atoms with Crippen LogP contribution < -0.4 is 0 Å². The number of nitrogens with zero attached hydrogens (tertiary/aromatic N) is 1. The van der Waals surface area contributed by atoms with Crippen LogP contribution >= 0.6 is 11.8 Å². The second kappa shape index (κ2) is 22.9. The molecule has 4 fully saturated rings. The number of ether oxygens (including phenoxy) is 6. The van der Waals surface area contributed by atoms with Crippen molar-refractivity contribution >= 4 is 40.9 Å². The maximum Gasteiger partial charge on any atom is 0.253 e. The van der Waals surface area contributed by atoms with Crippen molar-refractivity contribution < 1.29 is 71.4 Å². The van der Waals surface area contributed by atoms with Gasteiger partial charge in [-0.1, -0.05) is 67.8 Å². The fraction of sp³-hybridized carbons (Fsp3) is 0.545. The van der Waals surface area contributed by atoms with E-state index in [-0.39, 0.29) is 68.8 Å². The molecule has 1 saturated heterocycles. The van der Waals surface area contributed by atoms with E-state index < -0.39 is 82.8 Å². The Morgan fingerprint density at radius 3 is 2.18 bits per heavy atom. The molecule has 0 spiro atoms. The highest BCUT2D eigenvalue weighted by Gasteiger charge is 2.80. The van der Waals surface area contributed by atoms with Crippen LogP contribution in [0.5, 0.6) is 0 Å². The monoisotopic (exact) mass is 1020 g/mol. The summed E-state index contributed by atoms with van der Waals surface area (Å²) < 4.78 is 69.2. The lowest BCUT2D eigenvalue weighted by atomic mass is 9.44. The summed E-state index contributed by atoms with van der Waals surface area (Å²) in [6.45, 7) is 9.48. The zero-order valence-corrected chi connectivity index (χ0v) is 41.7. The van der Waals surface area contributed by atoms with E-state index in [0.717, 1.165) is 20.3 Å². The molecule has 6 aliphatic rings. The van der Waals surface area contributed by atoms with Gasteiger partial charge in [-0.3, -0.25) is 28.9 Å². The minimum atomic E-state index is -2.23. The van der Waals surface area contributed by atoms with Gasteiger partial charge in [0.15, 0.2) is 23.3 Å². The maximum atomic E-state index is 17.8. The Morgan fingerprint density at radius 1 is 0.833 bits per heavy atom. The standard InChI is InChI=1S/C55H65F2NO13S/c1-35-15-18-52(2)44(28-35)45(56)31-43-42-32-48-55(47(63)34-59,53(42,3)33-46(62)54(43,52)57)71-51(70-48)37-9-11-40(12-10-37)72-41-8-4-6-36(30-41)29-39(61)17-21-67-23-25-69-27-26-68-24-22-66-20-5-7-38(60)16-19-58-49(64)13-14-50(58)65/h4,6,8-15,18,28,30,42-43,45-46,48,51,59,62H,1,5,7,16-17,19-27,29,31-34H2,2-3H3/t42-,43-,45-,46-,48+,51+,52-,53-,54-,55+/m0/s1. The molecule has 4 aliphatic carbocycles. The Morgan fingerprint density at radius 2 is 1.50 bits per heavy atom. The fourth-order valence-corrected chi connectivity index (χ4v) is 12.9. The maximum absolute atomic E-state index is 17.8. The number of aliphatic hydroxyl groups is 2. The van der Waals surface area contributed by atoms with Crippen LogP contribution in [-0.2, 0) is 58.8 Å². The quantitative estimate of drug-likeness (QED) is 0.0750. The zero-order chi connectivity index (χ0) is 51.3. The van der Waals surface area contributed by atoms with Crippen LogP contribution in [0.1, 0.15) is 76.2 Å². The van der Waals surface area contributed by atoms with Crippen molar-refractivity contribution in [1.29, 1.82) is 0 Å². The molecule has 8 rings (SSSR count). The number of Topliss-reactive ketones (excluding diaryl/α,β-unsaturated/α-hetero) is 3. The average Bonchev–Trinajstić information content (AvgIpc) is 3.98.